The van der Waals surface area contributed by atoms with Crippen LogP contribution >= 0.6 is 11.6 Å². The molecule has 0 aliphatic carbocycles. The SMILES string of the molecule is COc1ccc(CC(=O)NCC#Cc2ccccc2Cl)cc1. The summed E-state index contributed by atoms with van der Waals surface area (Å²) in [7, 11) is 1.61. The lowest BCUT2D eigenvalue weighted by molar-refractivity contribution is -0.120. The summed E-state index contributed by atoms with van der Waals surface area (Å²) >= 11 is 6.00. The molecular formula is C18H16ClNO2. The lowest BCUT2D eigenvalue weighted by Crippen LogP contribution is -2.25. The summed E-state index contributed by atoms with van der Waals surface area (Å²) in [5.41, 5.74) is 1.69. The fraction of sp³-hybridized carbons (Fsp3) is 0.167. The minimum Gasteiger partial charge on any atom is -0.497 e. The maximum atomic E-state index is 11.8. The number of halogens is 1. The van der Waals surface area contributed by atoms with Gasteiger partial charge in [-0.25, -0.2) is 0 Å². The van der Waals surface area contributed by atoms with E-state index in [2.05, 4.69) is 17.2 Å². The van der Waals surface area contributed by atoms with Gasteiger partial charge in [0, 0.05) is 5.56 Å². The van der Waals surface area contributed by atoms with Gasteiger partial charge in [-0.2, -0.15) is 0 Å². The Morgan fingerprint density at radius 3 is 2.59 bits per heavy atom. The van der Waals surface area contributed by atoms with Gasteiger partial charge >= 0.3 is 0 Å². The number of methoxy groups -OCH3 is 1. The molecule has 3 nitrogen and oxygen atoms in total. The van der Waals surface area contributed by atoms with Crippen molar-refractivity contribution in [3.63, 3.8) is 0 Å². The first-order valence-corrected chi connectivity index (χ1v) is 7.20. The standard InChI is InChI=1S/C18H16ClNO2/c1-22-16-10-8-14(9-11-16)13-18(21)20-12-4-6-15-5-2-3-7-17(15)19/h2-3,5,7-11H,12-13H2,1H3,(H,20,21). The van der Waals surface area contributed by atoms with Crippen molar-refractivity contribution < 1.29 is 9.53 Å². The van der Waals surface area contributed by atoms with Crippen LogP contribution in [0.15, 0.2) is 48.5 Å². The maximum absolute atomic E-state index is 11.8. The fourth-order valence-corrected chi connectivity index (χ4v) is 2.02. The van der Waals surface area contributed by atoms with E-state index in [-0.39, 0.29) is 5.91 Å². The second kappa shape index (κ2) is 8.11. The Morgan fingerprint density at radius 2 is 1.91 bits per heavy atom. The van der Waals surface area contributed by atoms with Gasteiger partial charge in [0.1, 0.15) is 5.75 Å². The molecule has 1 N–H and O–H groups in total. The van der Waals surface area contributed by atoms with Gasteiger partial charge in [0.2, 0.25) is 5.91 Å². The van der Waals surface area contributed by atoms with Crippen LogP contribution in [0.5, 0.6) is 5.75 Å². The van der Waals surface area contributed by atoms with E-state index in [0.29, 0.717) is 18.0 Å². The van der Waals surface area contributed by atoms with Crippen molar-refractivity contribution >= 4 is 17.5 Å². The zero-order valence-electron chi connectivity index (χ0n) is 12.2. The Bertz CT molecular complexity index is 699. The molecule has 0 radical (unpaired) electrons. The summed E-state index contributed by atoms with van der Waals surface area (Å²) in [6.07, 6.45) is 0.317. The molecule has 0 saturated carbocycles. The van der Waals surface area contributed by atoms with Crippen LogP contribution in [0.3, 0.4) is 0 Å². The van der Waals surface area contributed by atoms with Gasteiger partial charge in [-0.05, 0) is 29.8 Å². The number of carbonyl (C=O) groups excluding carboxylic acids is 1. The van der Waals surface area contributed by atoms with E-state index in [0.717, 1.165) is 16.9 Å². The Morgan fingerprint density at radius 1 is 1.18 bits per heavy atom. The molecule has 0 fully saturated rings. The molecule has 0 saturated heterocycles. The summed E-state index contributed by atoms with van der Waals surface area (Å²) in [5.74, 6) is 6.53. The molecule has 0 atom stereocenters. The molecule has 0 aliphatic rings. The first kappa shape index (κ1) is 15.9. The molecule has 0 unspecified atom stereocenters. The van der Waals surface area contributed by atoms with Crippen LogP contribution in [0.25, 0.3) is 0 Å². The molecule has 2 aromatic rings. The third kappa shape index (κ3) is 4.83. The van der Waals surface area contributed by atoms with Crippen LogP contribution in [-0.4, -0.2) is 19.6 Å². The summed E-state index contributed by atoms with van der Waals surface area (Å²) in [6.45, 7) is 0.292. The highest BCUT2D eigenvalue weighted by Gasteiger charge is 2.02. The third-order valence-corrected chi connectivity index (χ3v) is 3.32. The van der Waals surface area contributed by atoms with E-state index in [9.17, 15) is 4.79 Å². The fourth-order valence-electron chi connectivity index (χ4n) is 1.84. The smallest absolute Gasteiger partial charge is 0.225 e. The van der Waals surface area contributed by atoms with Crippen LogP contribution < -0.4 is 10.1 Å². The van der Waals surface area contributed by atoms with Gasteiger partial charge in [0.15, 0.2) is 0 Å². The zero-order valence-corrected chi connectivity index (χ0v) is 13.0. The average molecular weight is 314 g/mol. The van der Waals surface area contributed by atoms with E-state index in [1.807, 2.05) is 42.5 Å². The number of hydrogen-bond donors (Lipinski definition) is 1. The lowest BCUT2D eigenvalue weighted by Gasteiger charge is -2.03. The predicted molar refractivity (Wildman–Crippen MR) is 88.0 cm³/mol. The molecule has 2 rings (SSSR count). The molecule has 0 aliphatic heterocycles. The number of nitrogens with one attached hydrogen (secondary N) is 1. The van der Waals surface area contributed by atoms with Crippen molar-refractivity contribution in [2.24, 2.45) is 0 Å². The average Bonchev–Trinajstić information content (AvgIpc) is 2.54. The minimum atomic E-state index is -0.0707. The molecule has 0 spiro atoms. The van der Waals surface area contributed by atoms with Gasteiger partial charge in [-0.3, -0.25) is 4.79 Å². The molecule has 4 heteroatoms. The topological polar surface area (TPSA) is 38.3 Å². The van der Waals surface area contributed by atoms with E-state index in [1.165, 1.54) is 0 Å². The zero-order chi connectivity index (χ0) is 15.8. The molecule has 0 heterocycles. The maximum Gasteiger partial charge on any atom is 0.225 e. The number of amides is 1. The van der Waals surface area contributed by atoms with Crippen molar-refractivity contribution in [3.05, 3.63) is 64.7 Å². The predicted octanol–water partition coefficient (Wildman–Crippen LogP) is 3.06. The molecule has 2 aromatic carbocycles. The number of benzene rings is 2. The number of carbonyl (C=O) groups is 1. The summed E-state index contributed by atoms with van der Waals surface area (Å²) < 4.78 is 5.08. The van der Waals surface area contributed by atoms with E-state index >= 15 is 0 Å². The van der Waals surface area contributed by atoms with Crippen LogP contribution in [0.2, 0.25) is 5.02 Å². The van der Waals surface area contributed by atoms with Crippen molar-refractivity contribution in [3.8, 4) is 17.6 Å². The van der Waals surface area contributed by atoms with Gasteiger partial charge in [-0.15, -0.1) is 0 Å². The quantitative estimate of drug-likeness (QED) is 0.881. The van der Waals surface area contributed by atoms with E-state index in [4.69, 9.17) is 16.3 Å². The second-order valence-corrected chi connectivity index (χ2v) is 4.99. The van der Waals surface area contributed by atoms with Crippen LogP contribution in [0.4, 0.5) is 0 Å². The Kier molecular flexibility index (Phi) is 5.88. The normalized spacial score (nSPS) is 9.55. The van der Waals surface area contributed by atoms with Crippen molar-refractivity contribution in [2.45, 2.75) is 6.42 Å². The summed E-state index contributed by atoms with van der Waals surface area (Å²) in [4.78, 5) is 11.8. The van der Waals surface area contributed by atoms with Gasteiger partial charge in [-0.1, -0.05) is 47.7 Å². The van der Waals surface area contributed by atoms with Gasteiger partial charge < -0.3 is 10.1 Å². The largest absolute Gasteiger partial charge is 0.497 e. The first-order chi connectivity index (χ1) is 10.7. The second-order valence-electron chi connectivity index (χ2n) is 4.58. The Labute approximate surface area is 135 Å². The molecular weight excluding hydrogens is 298 g/mol. The summed E-state index contributed by atoms with van der Waals surface area (Å²) in [6, 6.07) is 14.8. The van der Waals surface area contributed by atoms with Crippen molar-refractivity contribution in [1.82, 2.24) is 5.32 Å². The van der Waals surface area contributed by atoms with Crippen LogP contribution in [-0.2, 0) is 11.2 Å². The first-order valence-electron chi connectivity index (χ1n) is 6.82. The van der Waals surface area contributed by atoms with Crippen LogP contribution in [0.1, 0.15) is 11.1 Å². The van der Waals surface area contributed by atoms with Crippen molar-refractivity contribution in [1.29, 1.82) is 0 Å². The van der Waals surface area contributed by atoms with E-state index in [1.54, 1.807) is 13.2 Å². The highest BCUT2D eigenvalue weighted by molar-refractivity contribution is 6.31. The molecule has 112 valence electrons. The molecule has 0 aromatic heterocycles. The van der Waals surface area contributed by atoms with Crippen LogP contribution in [0, 0.1) is 11.8 Å². The highest BCUT2D eigenvalue weighted by Crippen LogP contribution is 2.13. The highest BCUT2D eigenvalue weighted by atomic mass is 35.5. The van der Waals surface area contributed by atoms with Crippen molar-refractivity contribution in [2.75, 3.05) is 13.7 Å². The van der Waals surface area contributed by atoms with E-state index < -0.39 is 0 Å². The Balaban J connectivity index is 1.82. The summed E-state index contributed by atoms with van der Waals surface area (Å²) in [5, 5.41) is 3.37. The minimum absolute atomic E-state index is 0.0707. The monoisotopic (exact) mass is 313 g/mol. The Hall–Kier alpha value is -2.44. The molecule has 1 amide bonds. The van der Waals surface area contributed by atoms with Gasteiger partial charge in [0.25, 0.3) is 0 Å². The number of hydrogen-bond acceptors (Lipinski definition) is 2. The third-order valence-electron chi connectivity index (χ3n) is 2.99. The number of rotatable bonds is 4. The molecule has 0 bridgehead atoms. The number of ether oxygens (including phenoxy) is 1. The molecule has 22 heavy (non-hydrogen) atoms. The lowest BCUT2D eigenvalue weighted by atomic mass is 10.1. The van der Waals surface area contributed by atoms with Gasteiger partial charge in [0.05, 0.1) is 25.1 Å².